The number of methoxy groups -OCH3 is 1. The van der Waals surface area contributed by atoms with Gasteiger partial charge < -0.3 is 15.4 Å². The van der Waals surface area contributed by atoms with Crippen LogP contribution in [0.25, 0.3) is 0 Å². The van der Waals surface area contributed by atoms with Crippen molar-refractivity contribution < 1.29 is 9.53 Å². The van der Waals surface area contributed by atoms with Gasteiger partial charge in [0, 0.05) is 17.9 Å². The van der Waals surface area contributed by atoms with Crippen molar-refractivity contribution in [3.8, 4) is 5.75 Å². The summed E-state index contributed by atoms with van der Waals surface area (Å²) in [5.41, 5.74) is 9.85. The highest BCUT2D eigenvalue weighted by Crippen LogP contribution is 2.33. The Hall–Kier alpha value is -2.20. The fraction of sp³-hybridized carbons (Fsp3) is 0.316. The van der Waals surface area contributed by atoms with Gasteiger partial charge in [0.2, 0.25) is 5.91 Å². The summed E-state index contributed by atoms with van der Waals surface area (Å²) < 4.78 is 5.26. The molecule has 0 aromatic heterocycles. The van der Waals surface area contributed by atoms with E-state index in [4.69, 9.17) is 10.5 Å². The highest BCUT2D eigenvalue weighted by Gasteiger charge is 2.28. The van der Waals surface area contributed by atoms with E-state index in [0.717, 1.165) is 47.6 Å². The molecular formula is C19H23ClN2O2. The lowest BCUT2D eigenvalue weighted by atomic mass is 9.95. The number of hydrogen-bond donors (Lipinski definition) is 1. The van der Waals surface area contributed by atoms with Crippen LogP contribution < -0.4 is 15.4 Å². The molecule has 2 aromatic rings. The van der Waals surface area contributed by atoms with Gasteiger partial charge in [-0.3, -0.25) is 4.79 Å². The maximum Gasteiger partial charge on any atom is 0.234 e. The van der Waals surface area contributed by atoms with Gasteiger partial charge in [-0.2, -0.15) is 0 Å². The van der Waals surface area contributed by atoms with Crippen LogP contribution in [0.2, 0.25) is 0 Å². The minimum absolute atomic E-state index is 0. The van der Waals surface area contributed by atoms with Crippen molar-refractivity contribution in [3.05, 3.63) is 53.6 Å². The second-order valence-electron chi connectivity index (χ2n) is 5.94. The maximum absolute atomic E-state index is 13.0. The monoisotopic (exact) mass is 346 g/mol. The number of halogens is 1. The van der Waals surface area contributed by atoms with Crippen molar-refractivity contribution in [2.24, 2.45) is 0 Å². The maximum atomic E-state index is 13.0. The lowest BCUT2D eigenvalue weighted by Crippen LogP contribution is -2.38. The molecule has 3 rings (SSSR count). The van der Waals surface area contributed by atoms with Crippen molar-refractivity contribution in [1.82, 2.24) is 0 Å². The Morgan fingerprint density at radius 3 is 2.75 bits per heavy atom. The van der Waals surface area contributed by atoms with E-state index in [1.54, 1.807) is 7.11 Å². The normalized spacial score (nSPS) is 14.3. The Bertz CT molecular complexity index is 733. The molecule has 4 nitrogen and oxygen atoms in total. The number of ether oxygens (including phenoxy) is 1. The van der Waals surface area contributed by atoms with Gasteiger partial charge in [-0.1, -0.05) is 18.2 Å². The number of benzene rings is 2. The summed E-state index contributed by atoms with van der Waals surface area (Å²) in [6, 6.07) is 13.5. The fourth-order valence-corrected chi connectivity index (χ4v) is 3.17. The van der Waals surface area contributed by atoms with E-state index in [2.05, 4.69) is 0 Å². The fourth-order valence-electron chi connectivity index (χ4n) is 3.17. The number of nitrogen functional groups attached to an aromatic ring is 1. The van der Waals surface area contributed by atoms with E-state index >= 15 is 0 Å². The van der Waals surface area contributed by atoms with Crippen LogP contribution in [-0.2, 0) is 11.2 Å². The number of amides is 1. The van der Waals surface area contributed by atoms with Crippen LogP contribution in [0.1, 0.15) is 30.4 Å². The third kappa shape index (κ3) is 3.34. The standard InChI is InChI=1S/C19H22N2O2.ClH/c1-13(14-6-3-7-15(12-14)23-2)19(22)21-11-5-8-16-17(20)9-4-10-18(16)21;/h3-4,6-7,9-10,12-13H,5,8,11,20H2,1-2H3;1H. The highest BCUT2D eigenvalue weighted by molar-refractivity contribution is 5.99. The first kappa shape index (κ1) is 18.1. The molecular weight excluding hydrogens is 324 g/mol. The zero-order chi connectivity index (χ0) is 16.4. The van der Waals surface area contributed by atoms with Crippen LogP contribution in [0.4, 0.5) is 11.4 Å². The topological polar surface area (TPSA) is 55.6 Å². The van der Waals surface area contributed by atoms with Crippen molar-refractivity contribution in [2.75, 3.05) is 24.3 Å². The van der Waals surface area contributed by atoms with Gasteiger partial charge >= 0.3 is 0 Å². The van der Waals surface area contributed by atoms with E-state index in [9.17, 15) is 4.79 Å². The molecule has 1 heterocycles. The lowest BCUT2D eigenvalue weighted by Gasteiger charge is -2.32. The zero-order valence-electron chi connectivity index (χ0n) is 14.0. The Morgan fingerprint density at radius 2 is 2.00 bits per heavy atom. The Labute approximate surface area is 149 Å². The Morgan fingerprint density at radius 1 is 1.25 bits per heavy atom. The molecule has 24 heavy (non-hydrogen) atoms. The predicted octanol–water partition coefficient (Wildman–Crippen LogP) is 3.78. The molecule has 1 amide bonds. The molecule has 0 spiro atoms. The molecule has 2 aromatic carbocycles. The molecule has 0 saturated heterocycles. The summed E-state index contributed by atoms with van der Waals surface area (Å²) >= 11 is 0. The van der Waals surface area contributed by atoms with E-state index in [-0.39, 0.29) is 24.2 Å². The number of carbonyl (C=O) groups is 1. The number of carbonyl (C=O) groups excluding carboxylic acids is 1. The lowest BCUT2D eigenvalue weighted by molar-refractivity contribution is -0.119. The summed E-state index contributed by atoms with van der Waals surface area (Å²) in [4.78, 5) is 14.9. The number of nitrogens with zero attached hydrogens (tertiary/aromatic N) is 1. The van der Waals surface area contributed by atoms with E-state index < -0.39 is 0 Å². The quantitative estimate of drug-likeness (QED) is 0.860. The molecule has 1 atom stereocenters. The molecule has 0 bridgehead atoms. The minimum atomic E-state index is -0.225. The Balaban J connectivity index is 0.00000208. The SMILES string of the molecule is COc1cccc(C(C)C(=O)N2CCCc3c(N)cccc32)c1.Cl. The summed E-state index contributed by atoms with van der Waals surface area (Å²) in [5.74, 6) is 0.646. The van der Waals surface area contributed by atoms with Crippen LogP contribution in [0.5, 0.6) is 5.75 Å². The van der Waals surface area contributed by atoms with Gasteiger partial charge in [0.1, 0.15) is 5.75 Å². The predicted molar refractivity (Wildman–Crippen MR) is 100 cm³/mol. The number of hydrogen-bond acceptors (Lipinski definition) is 3. The second kappa shape index (κ2) is 7.58. The molecule has 0 aliphatic carbocycles. The van der Waals surface area contributed by atoms with Gasteiger partial charge in [-0.15, -0.1) is 12.4 Å². The molecule has 5 heteroatoms. The molecule has 1 unspecified atom stereocenters. The smallest absolute Gasteiger partial charge is 0.234 e. The summed E-state index contributed by atoms with van der Waals surface area (Å²) in [7, 11) is 1.63. The van der Waals surface area contributed by atoms with Gasteiger partial charge in [0.25, 0.3) is 0 Å². The van der Waals surface area contributed by atoms with Crippen molar-refractivity contribution in [3.63, 3.8) is 0 Å². The number of anilines is 2. The first-order valence-electron chi connectivity index (χ1n) is 7.94. The average Bonchev–Trinajstić information content (AvgIpc) is 2.60. The first-order valence-corrected chi connectivity index (χ1v) is 7.94. The zero-order valence-corrected chi connectivity index (χ0v) is 14.8. The summed E-state index contributed by atoms with van der Waals surface area (Å²) in [6.45, 7) is 2.68. The number of fused-ring (bicyclic) bond motifs is 1. The summed E-state index contributed by atoms with van der Waals surface area (Å²) in [6.07, 6.45) is 1.87. The van der Waals surface area contributed by atoms with Gasteiger partial charge in [0.05, 0.1) is 13.0 Å². The minimum Gasteiger partial charge on any atom is -0.497 e. The van der Waals surface area contributed by atoms with E-state index in [1.807, 2.05) is 54.3 Å². The highest BCUT2D eigenvalue weighted by atomic mass is 35.5. The van der Waals surface area contributed by atoms with Crippen LogP contribution in [0.3, 0.4) is 0 Å². The van der Waals surface area contributed by atoms with Gasteiger partial charge in [-0.25, -0.2) is 0 Å². The van der Waals surface area contributed by atoms with E-state index in [1.165, 1.54) is 0 Å². The van der Waals surface area contributed by atoms with E-state index in [0.29, 0.717) is 0 Å². The van der Waals surface area contributed by atoms with Gasteiger partial charge in [-0.05, 0) is 55.2 Å². The third-order valence-corrected chi connectivity index (χ3v) is 4.52. The second-order valence-corrected chi connectivity index (χ2v) is 5.94. The van der Waals surface area contributed by atoms with Crippen LogP contribution >= 0.6 is 12.4 Å². The van der Waals surface area contributed by atoms with Crippen LogP contribution in [0.15, 0.2) is 42.5 Å². The average molecular weight is 347 g/mol. The first-order chi connectivity index (χ1) is 11.1. The molecule has 0 saturated carbocycles. The third-order valence-electron chi connectivity index (χ3n) is 4.52. The van der Waals surface area contributed by atoms with Crippen molar-refractivity contribution in [2.45, 2.75) is 25.7 Å². The summed E-state index contributed by atoms with van der Waals surface area (Å²) in [5, 5.41) is 0. The van der Waals surface area contributed by atoms with Crippen molar-refractivity contribution in [1.29, 1.82) is 0 Å². The molecule has 0 radical (unpaired) electrons. The van der Waals surface area contributed by atoms with Crippen LogP contribution in [-0.4, -0.2) is 19.6 Å². The van der Waals surface area contributed by atoms with Gasteiger partial charge in [0.15, 0.2) is 0 Å². The molecule has 1 aliphatic heterocycles. The molecule has 0 fully saturated rings. The number of nitrogens with two attached hydrogens (primary N) is 1. The molecule has 2 N–H and O–H groups in total. The molecule has 128 valence electrons. The molecule has 1 aliphatic rings. The Kier molecular flexibility index (Phi) is 5.73. The number of rotatable bonds is 3. The van der Waals surface area contributed by atoms with Crippen molar-refractivity contribution >= 4 is 29.7 Å². The van der Waals surface area contributed by atoms with Crippen LogP contribution in [0, 0.1) is 0 Å². The largest absolute Gasteiger partial charge is 0.497 e.